The van der Waals surface area contributed by atoms with Gasteiger partial charge in [0, 0.05) is 49.1 Å². The normalized spacial score (nSPS) is 19.9. The maximum Gasteiger partial charge on any atom is 0.321 e. The van der Waals surface area contributed by atoms with E-state index in [9.17, 15) is 27.5 Å². The molecule has 0 radical (unpaired) electrons. The van der Waals surface area contributed by atoms with Gasteiger partial charge in [-0.2, -0.15) is 0 Å². The highest BCUT2D eigenvalue weighted by molar-refractivity contribution is 7.92. The number of rotatable bonds is 8. The van der Waals surface area contributed by atoms with Crippen molar-refractivity contribution >= 4 is 44.9 Å². The van der Waals surface area contributed by atoms with Gasteiger partial charge in [0.25, 0.3) is 15.9 Å². The molecule has 4 rings (SSSR count). The van der Waals surface area contributed by atoms with Gasteiger partial charge >= 0.3 is 6.03 Å². The third-order valence-corrected chi connectivity index (χ3v) is 9.97. The van der Waals surface area contributed by atoms with Gasteiger partial charge in [-0.1, -0.05) is 18.5 Å². The van der Waals surface area contributed by atoms with Crippen LogP contribution in [0.4, 0.5) is 20.6 Å². The van der Waals surface area contributed by atoms with Crippen molar-refractivity contribution in [1.29, 1.82) is 0 Å². The average Bonchev–Trinajstić information content (AvgIpc) is 3.07. The molecule has 0 saturated carbocycles. The number of likely N-dealkylation sites (N-methyl/N-ethyl adjacent to an activating group) is 1. The van der Waals surface area contributed by atoms with Crippen LogP contribution in [0.1, 0.15) is 50.4 Å². The number of aliphatic hydroxyl groups excluding tert-OH is 1. The van der Waals surface area contributed by atoms with E-state index in [1.807, 2.05) is 13.8 Å². The number of fused-ring (bicyclic) bond motifs is 1. The Morgan fingerprint density at radius 1 is 1.08 bits per heavy atom. The first-order valence-electron chi connectivity index (χ1n) is 16.2. The van der Waals surface area contributed by atoms with Crippen LogP contribution in [0.3, 0.4) is 0 Å². The zero-order valence-electron chi connectivity index (χ0n) is 28.1. The van der Waals surface area contributed by atoms with Crippen LogP contribution in [0.5, 0.6) is 5.75 Å². The summed E-state index contributed by atoms with van der Waals surface area (Å²) in [6.07, 6.45) is 1.42. The monoisotopic (exact) mass is 718 g/mol. The van der Waals surface area contributed by atoms with Gasteiger partial charge in [0.2, 0.25) is 0 Å². The predicted molar refractivity (Wildman–Crippen MR) is 187 cm³/mol. The summed E-state index contributed by atoms with van der Waals surface area (Å²) in [5.41, 5.74) is 0.719. The zero-order valence-corrected chi connectivity index (χ0v) is 29.6. The van der Waals surface area contributed by atoms with Crippen molar-refractivity contribution in [3.8, 4) is 5.75 Å². The largest absolute Gasteiger partial charge is 0.490 e. The van der Waals surface area contributed by atoms with Crippen molar-refractivity contribution in [2.24, 2.45) is 5.92 Å². The minimum atomic E-state index is -4.01. The van der Waals surface area contributed by atoms with Gasteiger partial charge in [0.15, 0.2) is 0 Å². The van der Waals surface area contributed by atoms with Gasteiger partial charge in [-0.25, -0.2) is 17.6 Å². The van der Waals surface area contributed by atoms with Crippen molar-refractivity contribution in [2.45, 2.75) is 63.2 Å². The number of hydrogen-bond acceptors (Lipinski definition) is 7. The Kier molecular flexibility index (Phi) is 13.3. The number of sulfonamides is 1. The highest BCUT2D eigenvalue weighted by Gasteiger charge is 2.31. The molecule has 3 amide bonds. The minimum absolute atomic E-state index is 0.0000990. The molecular formula is C35H44ClFN4O7S. The van der Waals surface area contributed by atoms with Crippen molar-refractivity contribution in [3.05, 3.63) is 83.1 Å². The number of aliphatic hydroxyl groups is 1. The number of anilines is 2. The van der Waals surface area contributed by atoms with E-state index in [-0.39, 0.29) is 53.6 Å². The third-order valence-electron chi connectivity index (χ3n) is 8.32. The molecule has 49 heavy (non-hydrogen) atoms. The van der Waals surface area contributed by atoms with Crippen LogP contribution < -0.4 is 14.8 Å². The van der Waals surface area contributed by atoms with E-state index in [1.165, 1.54) is 70.5 Å². The second kappa shape index (κ2) is 17.1. The zero-order chi connectivity index (χ0) is 35.7. The summed E-state index contributed by atoms with van der Waals surface area (Å²) < 4.78 is 54.8. The van der Waals surface area contributed by atoms with Crippen LogP contribution in [0.15, 0.2) is 71.6 Å². The van der Waals surface area contributed by atoms with Gasteiger partial charge in [-0.05, 0) is 99.8 Å². The summed E-state index contributed by atoms with van der Waals surface area (Å²) in [5, 5.41) is 13.3. The highest BCUT2D eigenvalue weighted by Crippen LogP contribution is 2.30. The van der Waals surface area contributed by atoms with E-state index in [1.54, 1.807) is 20.0 Å². The Balaban J connectivity index is 1.62. The lowest BCUT2D eigenvalue weighted by molar-refractivity contribution is -0.0115. The van der Waals surface area contributed by atoms with Crippen molar-refractivity contribution in [1.82, 2.24) is 9.80 Å². The van der Waals surface area contributed by atoms with Crippen molar-refractivity contribution in [2.75, 3.05) is 43.4 Å². The Morgan fingerprint density at radius 3 is 2.43 bits per heavy atom. The molecule has 0 aromatic heterocycles. The van der Waals surface area contributed by atoms with Crippen LogP contribution >= 0.6 is 11.6 Å². The first kappa shape index (κ1) is 37.9. The fraction of sp³-hybridized carbons (Fsp3) is 0.429. The van der Waals surface area contributed by atoms with E-state index in [0.717, 1.165) is 12.8 Å². The van der Waals surface area contributed by atoms with Gasteiger partial charge in [0.1, 0.15) is 11.6 Å². The Labute approximate surface area is 292 Å². The number of urea groups is 1. The number of nitrogens with zero attached hydrogens (tertiary/aromatic N) is 2. The summed E-state index contributed by atoms with van der Waals surface area (Å²) in [5.74, 6) is -0.904. The molecule has 266 valence electrons. The topological polar surface area (TPSA) is 138 Å². The number of benzene rings is 3. The number of amides is 3. The first-order chi connectivity index (χ1) is 23.3. The number of ether oxygens (including phenoxy) is 2. The summed E-state index contributed by atoms with van der Waals surface area (Å²) >= 11 is 5.94. The summed E-state index contributed by atoms with van der Waals surface area (Å²) in [6, 6.07) is 14.7. The number of halogens is 2. The molecule has 4 atom stereocenters. The second-order valence-electron chi connectivity index (χ2n) is 12.4. The fourth-order valence-corrected chi connectivity index (χ4v) is 6.56. The molecule has 3 aromatic carbocycles. The molecule has 14 heteroatoms. The number of nitrogens with one attached hydrogen (secondary N) is 2. The van der Waals surface area contributed by atoms with Crippen LogP contribution in [0.25, 0.3) is 0 Å². The lowest BCUT2D eigenvalue weighted by Gasteiger charge is -2.35. The van der Waals surface area contributed by atoms with Crippen LogP contribution in [-0.2, 0) is 14.8 Å². The summed E-state index contributed by atoms with van der Waals surface area (Å²) in [4.78, 5) is 30.3. The fourth-order valence-electron chi connectivity index (χ4n) is 5.38. The van der Waals surface area contributed by atoms with Crippen molar-refractivity contribution < 1.29 is 37.0 Å². The molecule has 1 heterocycles. The highest BCUT2D eigenvalue weighted by atomic mass is 35.5. The Bertz CT molecular complexity index is 1680. The quantitative estimate of drug-likeness (QED) is 0.251. The predicted octanol–water partition coefficient (Wildman–Crippen LogP) is 6.24. The molecule has 0 fully saturated rings. The third kappa shape index (κ3) is 10.5. The Morgan fingerprint density at radius 2 is 1.76 bits per heavy atom. The van der Waals surface area contributed by atoms with Gasteiger partial charge < -0.3 is 29.7 Å². The van der Waals surface area contributed by atoms with Crippen LogP contribution in [0, 0.1) is 11.7 Å². The maximum atomic E-state index is 14.3. The average molecular weight is 719 g/mol. The first-order valence-corrected chi connectivity index (χ1v) is 18.0. The SMILES string of the molecule is C[C@@H]1CCCCO[C@@H](CN(C)C(=O)Nc2ccc(F)cc2)[C@H](C)CN([C@H](C)CO)C(=O)c2cc(NS(=O)(=O)c3ccc(Cl)cc3)ccc2O1. The summed E-state index contributed by atoms with van der Waals surface area (Å²) in [6.45, 7) is 5.94. The van der Waals surface area contributed by atoms with Crippen LogP contribution in [-0.4, -0.2) is 86.9 Å². The number of hydrogen-bond donors (Lipinski definition) is 3. The standard InChI is InChI=1S/C35H44ClFN4O7S/c1-23-20-41(24(2)22-42)34(43)31-19-29(39-49(45,46)30-15-8-26(36)9-16-30)14-17-32(31)48-25(3)7-5-6-18-47-33(23)21-40(4)35(44)38-28-12-10-27(37)11-13-28/h8-17,19,23-25,33,39,42H,5-7,18,20-22H2,1-4H3,(H,38,44)/t23-,24-,25-,33+/m1/s1. The number of carbonyl (C=O) groups excluding carboxylic acids is 2. The van der Waals surface area contributed by atoms with E-state index >= 15 is 0 Å². The molecule has 0 spiro atoms. The molecule has 0 bridgehead atoms. The number of carbonyl (C=O) groups is 2. The van der Waals surface area contributed by atoms with E-state index < -0.39 is 39.9 Å². The van der Waals surface area contributed by atoms with Gasteiger partial charge in [-0.3, -0.25) is 9.52 Å². The molecule has 0 unspecified atom stereocenters. The summed E-state index contributed by atoms with van der Waals surface area (Å²) in [7, 11) is -2.38. The van der Waals surface area contributed by atoms with Gasteiger partial charge in [0.05, 0.1) is 35.3 Å². The molecule has 0 saturated heterocycles. The lowest BCUT2D eigenvalue weighted by Crippen LogP contribution is -2.48. The smallest absolute Gasteiger partial charge is 0.321 e. The van der Waals surface area contributed by atoms with Gasteiger partial charge in [-0.15, -0.1) is 0 Å². The Hall–Kier alpha value is -3.91. The lowest BCUT2D eigenvalue weighted by atomic mass is 10.0. The molecule has 1 aliphatic heterocycles. The molecule has 3 N–H and O–H groups in total. The van der Waals surface area contributed by atoms with E-state index in [0.29, 0.717) is 23.7 Å². The molecule has 1 aliphatic rings. The minimum Gasteiger partial charge on any atom is -0.490 e. The molecule has 0 aliphatic carbocycles. The molecule has 11 nitrogen and oxygen atoms in total. The molecule has 3 aromatic rings. The van der Waals surface area contributed by atoms with E-state index in [2.05, 4.69) is 10.0 Å². The van der Waals surface area contributed by atoms with Crippen LogP contribution in [0.2, 0.25) is 5.02 Å². The van der Waals surface area contributed by atoms with E-state index in [4.69, 9.17) is 21.1 Å². The second-order valence-corrected chi connectivity index (χ2v) is 14.5. The van der Waals surface area contributed by atoms with Crippen molar-refractivity contribution in [3.63, 3.8) is 0 Å². The molecular weight excluding hydrogens is 675 g/mol. The maximum absolute atomic E-state index is 14.3.